The zero-order chi connectivity index (χ0) is 34.3. The van der Waals surface area contributed by atoms with Crippen LogP contribution in [0.5, 0.6) is 0 Å². The summed E-state index contributed by atoms with van der Waals surface area (Å²) in [6.07, 6.45) is 39.5. The van der Waals surface area contributed by atoms with Crippen molar-refractivity contribution >= 4 is 0 Å². The summed E-state index contributed by atoms with van der Waals surface area (Å²) in [5, 5.41) is 0. The molecule has 0 amide bonds. The maximum Gasteiger partial charge on any atom is -0.0133 e. The lowest BCUT2D eigenvalue weighted by atomic mass is 8.95. The molecular weight excluding hydrogens is 661 g/mol. The Kier molecular flexibility index (Phi) is 4.30. The molecule has 292 valence electrons. The molecule has 32 atom stereocenters. The van der Waals surface area contributed by atoms with Gasteiger partial charge in [0.2, 0.25) is 0 Å². The third-order valence-corrected chi connectivity index (χ3v) is 31.2. The Bertz CT molecular complexity index is 1940. The summed E-state index contributed by atoms with van der Waals surface area (Å²) in [7, 11) is 0. The fourth-order valence-electron chi connectivity index (χ4n) is 32.5. The number of hydrogen-bond acceptors (Lipinski definition) is 0. The van der Waals surface area contributed by atoms with E-state index in [9.17, 15) is 0 Å². The summed E-state index contributed by atoms with van der Waals surface area (Å²) in [5.74, 6) is 32.0. The molecule has 0 N–H and O–H groups in total. The van der Waals surface area contributed by atoms with Gasteiger partial charge in [0, 0.05) is 0 Å². The molecule has 0 aromatic carbocycles. The first-order valence-corrected chi connectivity index (χ1v) is 27.3. The highest BCUT2D eigenvalue weighted by Gasteiger charge is 3.09. The van der Waals surface area contributed by atoms with E-state index in [1.807, 2.05) is 25.7 Å². The molecule has 0 aromatic heterocycles. The molecule has 21 saturated carbocycles. The van der Waals surface area contributed by atoms with Gasteiger partial charge in [-0.15, -0.1) is 0 Å². The molecule has 21 rings (SSSR count). The molecule has 6 spiro atoms. The lowest BCUT2D eigenvalue weighted by Gasteiger charge is -3.09. The van der Waals surface area contributed by atoms with E-state index >= 15 is 0 Å². The van der Waals surface area contributed by atoms with Crippen LogP contribution in [0, 0.1) is 186 Å². The Hall–Kier alpha value is 0. The van der Waals surface area contributed by atoms with E-state index in [-0.39, 0.29) is 0 Å². The van der Waals surface area contributed by atoms with Gasteiger partial charge in [-0.25, -0.2) is 0 Å². The van der Waals surface area contributed by atoms with Crippen LogP contribution < -0.4 is 0 Å². The molecule has 0 aliphatic heterocycles. The molecule has 21 aliphatic carbocycles. The maximum absolute atomic E-state index is 1.84. The highest BCUT2D eigenvalue weighted by atomic mass is 15.1. The second kappa shape index (κ2) is 8.08. The van der Waals surface area contributed by atoms with Gasteiger partial charge < -0.3 is 0 Å². The molecule has 0 radical (unpaired) electrons. The molecule has 55 heavy (non-hydrogen) atoms. The Morgan fingerprint density at radius 3 is 2.09 bits per heavy atom. The molecule has 32 unspecified atom stereocenters. The molecule has 10 bridgehead atoms. The SMILES string of the molecule is C1CCCC2CCCC3C4C5C6CC7C8C9CC%10C%11CCCC%12CCC5(C76CC8C%109)C45CCC%124CCCC%11C6C(CCC1)C1C6C6C1C1C7C8C2C35C8C7C614. The first-order chi connectivity index (χ1) is 27.3. The zero-order valence-corrected chi connectivity index (χ0v) is 34.3. The standard InChI is InChI=1S/C55H72/c1-2-4-9-24-10-6-15-32-44-45-34-22-33-36-30-21-29-26-13-7-11-25-16-18-52(45,51(33,34)23-31(36)35(29)30)53(44)20-19-50(25)17-8-14-27(26)37-28(12-5-3-1)38-39(37)46-40(38)47-42-41-43(24)54(32,53)48(41)49(42)55(46,47)50/h24-49H,1-23H2. The zero-order valence-electron chi connectivity index (χ0n) is 34.3. The topological polar surface area (TPSA) is 0 Å². The Labute approximate surface area is 332 Å². The van der Waals surface area contributed by atoms with Crippen LogP contribution in [0.4, 0.5) is 0 Å². The van der Waals surface area contributed by atoms with Gasteiger partial charge in [-0.2, -0.15) is 0 Å². The van der Waals surface area contributed by atoms with E-state index in [1.165, 1.54) is 142 Å². The van der Waals surface area contributed by atoms with Crippen molar-refractivity contribution in [1.29, 1.82) is 0 Å². The number of rotatable bonds is 0. The van der Waals surface area contributed by atoms with Crippen molar-refractivity contribution in [1.82, 2.24) is 0 Å². The number of fused-ring (bicyclic) bond motifs is 6. The van der Waals surface area contributed by atoms with Gasteiger partial charge in [-0.05, 0) is 270 Å². The molecule has 21 aliphatic rings. The summed E-state index contributed by atoms with van der Waals surface area (Å²) < 4.78 is 0. The van der Waals surface area contributed by atoms with Crippen molar-refractivity contribution < 1.29 is 0 Å². The lowest BCUT2D eigenvalue weighted by molar-refractivity contribution is -0.628. The molecule has 0 heteroatoms. The van der Waals surface area contributed by atoms with Crippen LogP contribution in [0.2, 0.25) is 0 Å². The molecule has 0 saturated heterocycles. The highest BCUT2D eigenvalue weighted by molar-refractivity contribution is 5.55. The van der Waals surface area contributed by atoms with Gasteiger partial charge in [0.05, 0.1) is 0 Å². The van der Waals surface area contributed by atoms with Crippen molar-refractivity contribution in [2.75, 3.05) is 0 Å². The monoisotopic (exact) mass is 733 g/mol. The van der Waals surface area contributed by atoms with Crippen molar-refractivity contribution in [3.63, 3.8) is 0 Å². The average molecular weight is 733 g/mol. The van der Waals surface area contributed by atoms with Gasteiger partial charge in [0.15, 0.2) is 0 Å². The van der Waals surface area contributed by atoms with Crippen molar-refractivity contribution in [3.8, 4) is 0 Å². The fourth-order valence-corrected chi connectivity index (χ4v) is 32.5. The van der Waals surface area contributed by atoms with Crippen molar-refractivity contribution in [2.45, 2.75) is 148 Å². The molecule has 0 heterocycles. The summed E-state index contributed by atoms with van der Waals surface area (Å²) in [5.41, 5.74) is 5.17. The lowest BCUT2D eigenvalue weighted by Crippen LogP contribution is -3.06. The molecular formula is C55H72. The van der Waals surface area contributed by atoms with E-state index in [4.69, 9.17) is 0 Å². The summed E-state index contributed by atoms with van der Waals surface area (Å²) >= 11 is 0. The second-order valence-electron chi connectivity index (χ2n) is 28.4. The minimum atomic E-state index is 0.798. The molecule has 0 aromatic rings. The predicted octanol–water partition coefficient (Wildman–Crippen LogP) is 12.2. The van der Waals surface area contributed by atoms with Gasteiger partial charge >= 0.3 is 0 Å². The summed E-state index contributed by atoms with van der Waals surface area (Å²) in [6, 6.07) is 0. The highest BCUT2D eigenvalue weighted by Crippen LogP contribution is 3.12. The van der Waals surface area contributed by atoms with Crippen LogP contribution >= 0.6 is 0 Å². The first-order valence-electron chi connectivity index (χ1n) is 27.3. The van der Waals surface area contributed by atoms with E-state index in [1.54, 1.807) is 122 Å². The fraction of sp³-hybridized carbons (Fsp3) is 1.00. The van der Waals surface area contributed by atoms with Crippen molar-refractivity contribution in [3.05, 3.63) is 0 Å². The maximum atomic E-state index is 1.84. The van der Waals surface area contributed by atoms with Gasteiger partial charge in [-0.3, -0.25) is 0 Å². The van der Waals surface area contributed by atoms with Gasteiger partial charge in [0.1, 0.15) is 0 Å². The predicted molar refractivity (Wildman–Crippen MR) is 212 cm³/mol. The van der Waals surface area contributed by atoms with Crippen LogP contribution in [-0.4, -0.2) is 0 Å². The van der Waals surface area contributed by atoms with Crippen LogP contribution in [0.1, 0.15) is 148 Å². The van der Waals surface area contributed by atoms with E-state index < -0.39 is 0 Å². The molecule has 0 nitrogen and oxygen atoms in total. The van der Waals surface area contributed by atoms with Gasteiger partial charge in [-0.1, -0.05) is 64.2 Å². The minimum Gasteiger partial charge on any atom is -0.0533 e. The largest absolute Gasteiger partial charge is 0.0533 e. The van der Waals surface area contributed by atoms with Gasteiger partial charge in [0.25, 0.3) is 0 Å². The number of hydrogen-bond donors (Lipinski definition) is 0. The minimum absolute atomic E-state index is 0.798. The van der Waals surface area contributed by atoms with Crippen LogP contribution in [0.15, 0.2) is 0 Å². The van der Waals surface area contributed by atoms with Crippen LogP contribution in [-0.2, 0) is 0 Å². The Morgan fingerprint density at radius 2 is 1.11 bits per heavy atom. The third-order valence-electron chi connectivity index (χ3n) is 31.2. The van der Waals surface area contributed by atoms with E-state index in [0.717, 1.165) is 44.3 Å². The summed E-state index contributed by atoms with van der Waals surface area (Å²) in [6.45, 7) is 0. The quantitative estimate of drug-likeness (QED) is 0.233. The van der Waals surface area contributed by atoms with E-state index in [2.05, 4.69) is 0 Å². The second-order valence-corrected chi connectivity index (χ2v) is 28.4. The smallest absolute Gasteiger partial charge is 0.0133 e. The first kappa shape index (κ1) is 29.3. The Morgan fingerprint density at radius 1 is 0.327 bits per heavy atom. The third kappa shape index (κ3) is 2.08. The average Bonchev–Trinajstić information content (AvgIpc) is 3.29. The molecule has 21 fully saturated rings. The van der Waals surface area contributed by atoms with Crippen LogP contribution in [0.3, 0.4) is 0 Å². The summed E-state index contributed by atoms with van der Waals surface area (Å²) in [4.78, 5) is 0. The van der Waals surface area contributed by atoms with Crippen LogP contribution in [0.25, 0.3) is 0 Å². The van der Waals surface area contributed by atoms with Crippen molar-refractivity contribution in [2.24, 2.45) is 186 Å². The normalized spacial score (nSPS) is 82.0. The Balaban J connectivity index is 0.909. The van der Waals surface area contributed by atoms with E-state index in [0.29, 0.717) is 0 Å².